The molecule has 0 aliphatic rings. The summed E-state index contributed by atoms with van der Waals surface area (Å²) in [7, 11) is 0. The van der Waals surface area contributed by atoms with E-state index >= 15 is 0 Å². The Morgan fingerprint density at radius 1 is 0.324 bits per heavy atom. The number of ether oxygens (including phenoxy) is 3. The molecule has 0 rings (SSSR count). The zero-order valence-electron chi connectivity index (χ0n) is 43.8. The summed E-state index contributed by atoms with van der Waals surface area (Å²) in [5.74, 6) is -1.03. The van der Waals surface area contributed by atoms with Gasteiger partial charge in [0.15, 0.2) is 6.10 Å². The molecule has 0 amide bonds. The smallest absolute Gasteiger partial charge is 0.306 e. The molecule has 0 spiro atoms. The van der Waals surface area contributed by atoms with Crippen LogP contribution in [0.15, 0.2) is 122 Å². The fourth-order valence-electron chi connectivity index (χ4n) is 7.26. The largest absolute Gasteiger partial charge is 0.462 e. The van der Waals surface area contributed by atoms with Gasteiger partial charge >= 0.3 is 17.9 Å². The van der Waals surface area contributed by atoms with Gasteiger partial charge in [0.25, 0.3) is 0 Å². The molecule has 0 aromatic rings. The van der Waals surface area contributed by atoms with Crippen molar-refractivity contribution in [3.8, 4) is 0 Å². The van der Waals surface area contributed by atoms with Gasteiger partial charge in [-0.05, 0) is 77.0 Å². The van der Waals surface area contributed by atoms with Gasteiger partial charge in [-0.15, -0.1) is 0 Å². The Bertz CT molecular complexity index is 1450. The number of carbonyl (C=O) groups excluding carboxylic acids is 3. The fourth-order valence-corrected chi connectivity index (χ4v) is 7.26. The third-order valence-corrected chi connectivity index (χ3v) is 11.3. The zero-order valence-corrected chi connectivity index (χ0v) is 43.8. The molecule has 0 fully saturated rings. The van der Waals surface area contributed by atoms with E-state index in [0.717, 1.165) is 89.9 Å². The van der Waals surface area contributed by atoms with Crippen LogP contribution in [0.2, 0.25) is 0 Å². The molecule has 6 nitrogen and oxygen atoms in total. The molecule has 0 aromatic carbocycles. The average Bonchev–Trinajstić information content (AvgIpc) is 3.34. The third-order valence-electron chi connectivity index (χ3n) is 11.3. The second-order valence-corrected chi connectivity index (χ2v) is 17.9. The molecule has 1 unspecified atom stereocenters. The van der Waals surface area contributed by atoms with Gasteiger partial charge in [-0.25, -0.2) is 0 Å². The Kier molecular flexibility index (Phi) is 52.0. The Hall–Kier alpha value is -4.19. The SMILES string of the molecule is CC\C=C/C=C\C=C/C=C\C=C/CCCC(=O)OCC(COC(=O)CCCCC/C=C\C/C=C\C/C=C\C/C=C\C/C=C\CC)OC(=O)CCCCCCCCCCCCCCCCCCCC. The molecule has 0 heterocycles. The third kappa shape index (κ3) is 52.8. The second kappa shape index (κ2) is 55.4. The van der Waals surface area contributed by atoms with Crippen LogP contribution in [0, 0.1) is 0 Å². The highest BCUT2D eigenvalue weighted by atomic mass is 16.6. The van der Waals surface area contributed by atoms with E-state index in [4.69, 9.17) is 14.2 Å². The highest BCUT2D eigenvalue weighted by molar-refractivity contribution is 5.71. The van der Waals surface area contributed by atoms with Crippen LogP contribution in [0.3, 0.4) is 0 Å². The molecule has 0 aromatic heterocycles. The van der Waals surface area contributed by atoms with Crippen LogP contribution in [-0.4, -0.2) is 37.2 Å². The lowest BCUT2D eigenvalue weighted by Gasteiger charge is -2.18. The van der Waals surface area contributed by atoms with Crippen molar-refractivity contribution < 1.29 is 28.6 Å². The van der Waals surface area contributed by atoms with Gasteiger partial charge in [0.2, 0.25) is 0 Å². The van der Waals surface area contributed by atoms with E-state index in [-0.39, 0.29) is 37.5 Å². The molecule has 68 heavy (non-hydrogen) atoms. The number of carbonyl (C=O) groups is 3. The van der Waals surface area contributed by atoms with Gasteiger partial charge in [-0.3, -0.25) is 14.4 Å². The summed E-state index contributed by atoms with van der Waals surface area (Å²) >= 11 is 0. The first-order valence-corrected chi connectivity index (χ1v) is 27.6. The summed E-state index contributed by atoms with van der Waals surface area (Å²) in [6.07, 6.45) is 76.3. The van der Waals surface area contributed by atoms with Crippen molar-refractivity contribution in [2.75, 3.05) is 13.2 Å². The van der Waals surface area contributed by atoms with Gasteiger partial charge < -0.3 is 14.2 Å². The highest BCUT2D eigenvalue weighted by Gasteiger charge is 2.19. The molecule has 0 N–H and O–H groups in total. The summed E-state index contributed by atoms with van der Waals surface area (Å²) in [6, 6.07) is 0. The van der Waals surface area contributed by atoms with E-state index in [1.54, 1.807) is 0 Å². The Morgan fingerprint density at radius 2 is 0.662 bits per heavy atom. The molecule has 0 saturated heterocycles. The summed E-state index contributed by atoms with van der Waals surface area (Å²) < 4.78 is 16.7. The van der Waals surface area contributed by atoms with Crippen molar-refractivity contribution >= 4 is 17.9 Å². The predicted molar refractivity (Wildman–Crippen MR) is 293 cm³/mol. The number of esters is 3. The molecule has 6 heteroatoms. The molecule has 384 valence electrons. The minimum atomic E-state index is -0.822. The summed E-state index contributed by atoms with van der Waals surface area (Å²) in [5.41, 5.74) is 0. The average molecular weight is 941 g/mol. The van der Waals surface area contributed by atoms with Crippen molar-refractivity contribution in [1.82, 2.24) is 0 Å². The van der Waals surface area contributed by atoms with Gasteiger partial charge in [0.1, 0.15) is 13.2 Å². The Balaban J connectivity index is 4.51. The van der Waals surface area contributed by atoms with Crippen LogP contribution < -0.4 is 0 Å². The molecule has 0 radical (unpaired) electrons. The van der Waals surface area contributed by atoms with Crippen LogP contribution in [0.25, 0.3) is 0 Å². The second-order valence-electron chi connectivity index (χ2n) is 17.9. The fraction of sp³-hybridized carbons (Fsp3) is 0.629. The molecule has 0 saturated carbocycles. The maximum Gasteiger partial charge on any atom is 0.306 e. The van der Waals surface area contributed by atoms with Crippen molar-refractivity contribution in [3.63, 3.8) is 0 Å². The van der Waals surface area contributed by atoms with Gasteiger partial charge in [0.05, 0.1) is 0 Å². The maximum absolute atomic E-state index is 12.8. The first-order chi connectivity index (χ1) is 33.5. The van der Waals surface area contributed by atoms with Crippen molar-refractivity contribution in [1.29, 1.82) is 0 Å². The molecular weight excluding hydrogens is 841 g/mol. The van der Waals surface area contributed by atoms with Gasteiger partial charge in [-0.1, -0.05) is 258 Å². The predicted octanol–water partition coefficient (Wildman–Crippen LogP) is 18.5. The van der Waals surface area contributed by atoms with E-state index in [2.05, 4.69) is 87.6 Å². The lowest BCUT2D eigenvalue weighted by molar-refractivity contribution is -0.167. The van der Waals surface area contributed by atoms with E-state index in [0.29, 0.717) is 19.3 Å². The normalized spacial score (nSPS) is 13.0. The molecular formula is C62H100O6. The Labute approximate surface area is 418 Å². The van der Waals surface area contributed by atoms with Crippen LogP contribution in [0.1, 0.15) is 233 Å². The highest BCUT2D eigenvalue weighted by Crippen LogP contribution is 2.15. The summed E-state index contributed by atoms with van der Waals surface area (Å²) in [6.45, 7) is 6.29. The van der Waals surface area contributed by atoms with Crippen LogP contribution >= 0.6 is 0 Å². The minimum absolute atomic E-state index is 0.119. The van der Waals surface area contributed by atoms with Gasteiger partial charge in [0, 0.05) is 19.3 Å². The van der Waals surface area contributed by atoms with Crippen molar-refractivity contribution in [2.24, 2.45) is 0 Å². The topological polar surface area (TPSA) is 78.9 Å². The van der Waals surface area contributed by atoms with Gasteiger partial charge in [-0.2, -0.15) is 0 Å². The number of allylic oxidation sites excluding steroid dienone is 20. The summed E-state index contributed by atoms with van der Waals surface area (Å²) in [4.78, 5) is 38.1. The lowest BCUT2D eigenvalue weighted by atomic mass is 10.0. The van der Waals surface area contributed by atoms with Crippen LogP contribution in [-0.2, 0) is 28.6 Å². The molecule has 1 atom stereocenters. The van der Waals surface area contributed by atoms with E-state index in [1.165, 1.54) is 96.3 Å². The van der Waals surface area contributed by atoms with Crippen molar-refractivity contribution in [3.05, 3.63) is 122 Å². The molecule has 0 aliphatic heterocycles. The monoisotopic (exact) mass is 941 g/mol. The number of unbranched alkanes of at least 4 members (excludes halogenated alkanes) is 21. The zero-order chi connectivity index (χ0) is 49.3. The van der Waals surface area contributed by atoms with Crippen LogP contribution in [0.4, 0.5) is 0 Å². The Morgan fingerprint density at radius 3 is 1.12 bits per heavy atom. The van der Waals surface area contributed by atoms with Crippen molar-refractivity contribution in [2.45, 2.75) is 239 Å². The summed E-state index contributed by atoms with van der Waals surface area (Å²) in [5, 5.41) is 0. The van der Waals surface area contributed by atoms with E-state index in [1.807, 2.05) is 54.7 Å². The molecule has 0 aliphatic carbocycles. The van der Waals surface area contributed by atoms with E-state index in [9.17, 15) is 14.4 Å². The van der Waals surface area contributed by atoms with Crippen LogP contribution in [0.5, 0.6) is 0 Å². The number of hydrogen-bond donors (Lipinski definition) is 0. The lowest BCUT2D eigenvalue weighted by Crippen LogP contribution is -2.30. The van der Waals surface area contributed by atoms with E-state index < -0.39 is 6.10 Å². The maximum atomic E-state index is 12.8. The standard InChI is InChI=1S/C62H100O6/c1-4-7-10-13-16-19-22-25-27-29-31-33-34-37-40-43-46-49-52-55-61(64)67-58-59(57-66-60(63)54-51-48-45-42-39-36-24-21-18-15-12-9-6-3)68-62(65)56-53-50-47-44-41-38-35-32-30-28-26-23-20-17-14-11-8-5-2/h7,9-10,12,15-16,18-19,21,24-25,27,31,33,36-37,39-40,42,45,59H,4-6,8,11,13-14,17,20,22-23,26,28-30,32,34-35,38,41,43-44,46-58H2,1-3H3/b10-7-,12-9-,18-15-,19-16-,24-21-,27-25-,33-31-,39-36-,40-37-,45-42-. The quantitative estimate of drug-likeness (QED) is 0.0199. The first kappa shape index (κ1) is 63.8. The number of rotatable bonds is 48. The number of hydrogen-bond acceptors (Lipinski definition) is 6. The minimum Gasteiger partial charge on any atom is -0.462 e. The first-order valence-electron chi connectivity index (χ1n) is 27.6. The molecule has 0 bridgehead atoms.